The van der Waals surface area contributed by atoms with Crippen molar-refractivity contribution in [2.24, 2.45) is 0 Å². The van der Waals surface area contributed by atoms with Crippen LogP contribution in [0.2, 0.25) is 0 Å². The van der Waals surface area contributed by atoms with Gasteiger partial charge < -0.3 is 25.7 Å². The van der Waals surface area contributed by atoms with Gasteiger partial charge in [-0.1, -0.05) is 22.0 Å². The van der Waals surface area contributed by atoms with Crippen molar-refractivity contribution >= 4 is 65.3 Å². The van der Waals surface area contributed by atoms with Gasteiger partial charge in [0, 0.05) is 32.2 Å². The maximum Gasteiger partial charge on any atom is 0.322 e. The lowest BCUT2D eigenvalue weighted by atomic mass is 10.1. The van der Waals surface area contributed by atoms with Crippen molar-refractivity contribution in [1.82, 2.24) is 15.3 Å². The van der Waals surface area contributed by atoms with Crippen molar-refractivity contribution in [1.29, 1.82) is 0 Å². The minimum Gasteiger partial charge on any atom is -0.505 e. The number of aliphatic carboxylic acids is 1. The Morgan fingerprint density at radius 2 is 1.70 bits per heavy atom. The Balaban J connectivity index is 0.000000194. The van der Waals surface area contributed by atoms with Gasteiger partial charge in [-0.15, -0.1) is 0 Å². The zero-order valence-corrected chi connectivity index (χ0v) is 19.6. The number of hydrogen-bond donors (Lipinski definition) is 5. The van der Waals surface area contributed by atoms with Crippen LogP contribution in [0.1, 0.15) is 10.5 Å². The van der Waals surface area contributed by atoms with Gasteiger partial charge >= 0.3 is 5.97 Å². The van der Waals surface area contributed by atoms with Gasteiger partial charge in [0.2, 0.25) is 0 Å². The molecule has 4 rings (SSSR count). The van der Waals surface area contributed by atoms with Crippen molar-refractivity contribution in [3.05, 3.63) is 63.2 Å². The van der Waals surface area contributed by atoms with Crippen LogP contribution >= 0.6 is 31.9 Å². The molecule has 2 aromatic carbocycles. The van der Waals surface area contributed by atoms with E-state index in [1.54, 1.807) is 18.2 Å². The SMILES string of the molecule is O=C(O)CNC(=O)c1ncc2ccc(Br)cc2c1O.Oc1nc(Br)c2cc(F)ccc2c1O. The van der Waals surface area contributed by atoms with Gasteiger partial charge in [0.1, 0.15) is 17.0 Å². The van der Waals surface area contributed by atoms with Crippen LogP contribution in [-0.2, 0) is 4.79 Å². The molecule has 0 saturated carbocycles. The molecule has 2 aromatic heterocycles. The smallest absolute Gasteiger partial charge is 0.322 e. The van der Waals surface area contributed by atoms with Crippen molar-refractivity contribution in [2.75, 3.05) is 6.54 Å². The molecule has 12 heteroatoms. The first-order valence-electron chi connectivity index (χ1n) is 9.02. The Labute approximate surface area is 201 Å². The van der Waals surface area contributed by atoms with Crippen molar-refractivity contribution in [3.63, 3.8) is 0 Å². The third-order valence-electron chi connectivity index (χ3n) is 4.32. The Hall–Kier alpha value is -3.51. The summed E-state index contributed by atoms with van der Waals surface area (Å²) in [6.07, 6.45) is 1.44. The van der Waals surface area contributed by atoms with E-state index in [0.29, 0.717) is 26.1 Å². The molecule has 9 nitrogen and oxygen atoms in total. The highest BCUT2D eigenvalue weighted by Gasteiger charge is 2.16. The number of aromatic hydroxyl groups is 3. The monoisotopic (exact) mass is 581 g/mol. The molecule has 0 saturated heterocycles. The molecule has 0 fully saturated rings. The van der Waals surface area contributed by atoms with Crippen LogP contribution in [-0.4, -0.2) is 48.8 Å². The number of aromatic nitrogens is 2. The summed E-state index contributed by atoms with van der Waals surface area (Å²) in [6, 6.07) is 8.99. The molecule has 0 bridgehead atoms. The average molecular weight is 583 g/mol. The number of pyridine rings is 2. The quantitative estimate of drug-likeness (QED) is 0.227. The second kappa shape index (κ2) is 9.96. The van der Waals surface area contributed by atoms with Crippen molar-refractivity contribution in [3.8, 4) is 17.4 Å². The topological polar surface area (TPSA) is 153 Å². The maximum absolute atomic E-state index is 12.9. The molecule has 4 aromatic rings. The molecule has 0 aliphatic carbocycles. The first-order valence-corrected chi connectivity index (χ1v) is 10.6. The molecular weight excluding hydrogens is 569 g/mol. The molecular formula is C21H14Br2FN3O6. The van der Waals surface area contributed by atoms with E-state index in [9.17, 15) is 29.3 Å². The van der Waals surface area contributed by atoms with E-state index in [1.165, 1.54) is 24.4 Å². The second-order valence-electron chi connectivity index (χ2n) is 6.53. The molecule has 0 atom stereocenters. The van der Waals surface area contributed by atoms with Gasteiger partial charge in [0.25, 0.3) is 11.8 Å². The maximum atomic E-state index is 12.9. The van der Waals surface area contributed by atoms with Crippen LogP contribution in [0.3, 0.4) is 0 Å². The summed E-state index contributed by atoms with van der Waals surface area (Å²) in [5.74, 6) is -3.43. The minimum absolute atomic E-state index is 0.202. The number of carboxylic acid groups (broad SMARTS) is 1. The van der Waals surface area contributed by atoms with E-state index in [0.717, 1.165) is 4.47 Å². The molecule has 1 amide bonds. The summed E-state index contributed by atoms with van der Waals surface area (Å²) in [4.78, 5) is 29.5. The van der Waals surface area contributed by atoms with E-state index in [2.05, 4.69) is 47.1 Å². The second-order valence-corrected chi connectivity index (χ2v) is 8.19. The largest absolute Gasteiger partial charge is 0.505 e. The van der Waals surface area contributed by atoms with Crippen molar-refractivity contribution in [2.45, 2.75) is 0 Å². The minimum atomic E-state index is -1.17. The predicted octanol–water partition coefficient (Wildman–Crippen LogP) is 4.06. The van der Waals surface area contributed by atoms with Gasteiger partial charge in [-0.25, -0.2) is 14.4 Å². The van der Waals surface area contributed by atoms with Crippen LogP contribution in [0.15, 0.2) is 51.7 Å². The fourth-order valence-corrected chi connectivity index (χ4v) is 3.65. The lowest BCUT2D eigenvalue weighted by Crippen LogP contribution is -2.29. The third-order valence-corrected chi connectivity index (χ3v) is 5.42. The van der Waals surface area contributed by atoms with Gasteiger partial charge in [-0.3, -0.25) is 9.59 Å². The summed E-state index contributed by atoms with van der Waals surface area (Å²) >= 11 is 6.34. The number of amides is 1. The number of nitrogens with one attached hydrogen (secondary N) is 1. The van der Waals surface area contributed by atoms with Crippen molar-refractivity contribution < 1.29 is 34.4 Å². The number of carboxylic acids is 1. The normalized spacial score (nSPS) is 10.5. The lowest BCUT2D eigenvalue weighted by Gasteiger charge is -2.07. The van der Waals surface area contributed by atoms with E-state index in [1.807, 2.05) is 0 Å². The number of benzene rings is 2. The molecule has 170 valence electrons. The Bertz CT molecular complexity index is 1400. The summed E-state index contributed by atoms with van der Waals surface area (Å²) in [6.45, 7) is -0.531. The van der Waals surface area contributed by atoms with E-state index in [4.69, 9.17) is 5.11 Å². The number of carbonyl (C=O) groups excluding carboxylic acids is 1. The van der Waals surface area contributed by atoms with Crippen LogP contribution in [0.5, 0.6) is 17.4 Å². The average Bonchev–Trinajstić information content (AvgIpc) is 2.77. The lowest BCUT2D eigenvalue weighted by molar-refractivity contribution is -0.135. The Morgan fingerprint density at radius 3 is 2.39 bits per heavy atom. The van der Waals surface area contributed by atoms with E-state index < -0.39 is 30.1 Å². The number of rotatable bonds is 3. The van der Waals surface area contributed by atoms with E-state index >= 15 is 0 Å². The van der Waals surface area contributed by atoms with E-state index in [-0.39, 0.29) is 17.2 Å². The highest BCUT2D eigenvalue weighted by Crippen LogP contribution is 2.35. The Kier molecular flexibility index (Phi) is 7.29. The molecule has 0 aliphatic rings. The fraction of sp³-hybridized carbons (Fsp3) is 0.0476. The van der Waals surface area contributed by atoms with Gasteiger partial charge in [0.15, 0.2) is 17.2 Å². The predicted molar refractivity (Wildman–Crippen MR) is 124 cm³/mol. The highest BCUT2D eigenvalue weighted by molar-refractivity contribution is 9.10. The number of nitrogens with zero attached hydrogens (tertiary/aromatic N) is 2. The first kappa shape index (κ1) is 24.1. The molecule has 2 heterocycles. The fourth-order valence-electron chi connectivity index (χ4n) is 2.79. The molecule has 0 spiro atoms. The van der Waals surface area contributed by atoms with Crippen LogP contribution in [0, 0.1) is 5.82 Å². The van der Waals surface area contributed by atoms with Gasteiger partial charge in [-0.2, -0.15) is 0 Å². The number of fused-ring (bicyclic) bond motifs is 2. The molecule has 5 N–H and O–H groups in total. The zero-order valence-electron chi connectivity index (χ0n) is 16.4. The third kappa shape index (κ3) is 5.46. The molecule has 0 unspecified atom stereocenters. The molecule has 0 radical (unpaired) electrons. The number of hydrogen-bond acceptors (Lipinski definition) is 7. The standard InChI is InChI=1S/C12H9BrN2O4.C9H5BrFNO2/c13-7-2-1-6-4-14-10(11(18)8(6)3-7)12(19)15-5-9(16)17;10-8-6-3-4(11)1-2-5(6)7(13)9(14)12-8/h1-4,18H,5H2,(H,15,19)(H,16,17);1-3,13H,(H,12,14). The van der Waals surface area contributed by atoms with Gasteiger partial charge in [-0.05, 0) is 46.3 Å². The van der Waals surface area contributed by atoms with Crippen LogP contribution in [0.25, 0.3) is 21.5 Å². The summed E-state index contributed by atoms with van der Waals surface area (Å²) < 4.78 is 13.9. The Morgan fingerprint density at radius 1 is 0.970 bits per heavy atom. The highest BCUT2D eigenvalue weighted by atomic mass is 79.9. The molecule has 33 heavy (non-hydrogen) atoms. The van der Waals surface area contributed by atoms with Crippen LogP contribution in [0.4, 0.5) is 4.39 Å². The zero-order chi connectivity index (χ0) is 24.3. The summed E-state index contributed by atoms with van der Waals surface area (Å²) in [7, 11) is 0. The van der Waals surface area contributed by atoms with Crippen LogP contribution < -0.4 is 5.32 Å². The summed E-state index contributed by atoms with van der Waals surface area (Å²) in [5.41, 5.74) is -0.202. The first-order chi connectivity index (χ1) is 15.6. The number of carbonyl (C=O) groups is 2. The summed E-state index contributed by atoms with van der Waals surface area (Å²) in [5, 5.41) is 41.2. The number of halogens is 3. The molecule has 0 aliphatic heterocycles. The van der Waals surface area contributed by atoms with Gasteiger partial charge in [0.05, 0.1) is 0 Å².